The Kier molecular flexibility index (Phi) is 4.58. The highest BCUT2D eigenvalue weighted by Crippen LogP contribution is 2.18. The van der Waals surface area contributed by atoms with Gasteiger partial charge in [0, 0.05) is 28.9 Å². The van der Waals surface area contributed by atoms with E-state index in [-0.39, 0.29) is 0 Å². The second-order valence-electron chi connectivity index (χ2n) is 5.47. The fourth-order valence-corrected chi connectivity index (χ4v) is 2.51. The highest BCUT2D eigenvalue weighted by Gasteiger charge is 2.14. The van der Waals surface area contributed by atoms with Gasteiger partial charge >= 0.3 is 5.97 Å². The number of nitrogens with two attached hydrogens (primary N) is 1. The van der Waals surface area contributed by atoms with Crippen LogP contribution >= 0.6 is 0 Å². The van der Waals surface area contributed by atoms with E-state index in [4.69, 9.17) is 10.8 Å². The van der Waals surface area contributed by atoms with Crippen molar-refractivity contribution in [2.75, 3.05) is 0 Å². The fourth-order valence-electron chi connectivity index (χ4n) is 2.51. The third-order valence-corrected chi connectivity index (χ3v) is 3.78. The van der Waals surface area contributed by atoms with Gasteiger partial charge in [-0.05, 0) is 17.7 Å². The number of para-hydroxylation sites is 2. The molecule has 1 atom stereocenters. The minimum Gasteiger partial charge on any atom is -0.480 e. The molecule has 24 heavy (non-hydrogen) atoms. The minimum absolute atomic E-state index is 0.347. The maximum Gasteiger partial charge on any atom is 0.320 e. The zero-order valence-electron chi connectivity index (χ0n) is 12.9. The van der Waals surface area contributed by atoms with Gasteiger partial charge in [-0.15, -0.1) is 0 Å². The number of carbonyl (C=O) groups is 1. The van der Waals surface area contributed by atoms with Crippen molar-refractivity contribution < 1.29 is 9.90 Å². The molecule has 0 saturated heterocycles. The van der Waals surface area contributed by atoms with E-state index in [1.165, 1.54) is 0 Å². The molecule has 2 aromatic carbocycles. The number of benzene rings is 2. The molecule has 2 heterocycles. The number of hydrogen-bond acceptors (Lipinski definition) is 3. The molecule has 0 spiro atoms. The summed E-state index contributed by atoms with van der Waals surface area (Å²) in [6, 6.07) is 14.9. The number of carboxylic acid groups (broad SMARTS) is 1. The molecule has 0 aliphatic rings. The van der Waals surface area contributed by atoms with Gasteiger partial charge in [0.05, 0.1) is 11.7 Å². The minimum atomic E-state index is -0.972. The third kappa shape index (κ3) is 3.44. The van der Waals surface area contributed by atoms with Crippen molar-refractivity contribution in [1.29, 1.82) is 0 Å². The molecule has 0 aliphatic heterocycles. The number of carboxylic acids is 1. The lowest BCUT2D eigenvalue weighted by Crippen LogP contribution is -2.32. The average molecular weight is 322 g/mol. The molecule has 2 aromatic heterocycles. The van der Waals surface area contributed by atoms with Crippen molar-refractivity contribution in [3.8, 4) is 0 Å². The molecule has 6 nitrogen and oxygen atoms in total. The van der Waals surface area contributed by atoms with Crippen molar-refractivity contribution >= 4 is 27.8 Å². The Morgan fingerprint density at radius 2 is 1.83 bits per heavy atom. The Hall–Kier alpha value is -3.12. The summed E-state index contributed by atoms with van der Waals surface area (Å²) < 4.78 is 0. The number of nitrogens with one attached hydrogen (secondary N) is 2. The van der Waals surface area contributed by atoms with Gasteiger partial charge in [-0.3, -0.25) is 9.89 Å². The maximum absolute atomic E-state index is 10.6. The highest BCUT2D eigenvalue weighted by molar-refractivity contribution is 5.84. The zero-order chi connectivity index (χ0) is 16.9. The maximum atomic E-state index is 10.6. The number of aromatic amines is 2. The van der Waals surface area contributed by atoms with Gasteiger partial charge < -0.3 is 15.8 Å². The topological polar surface area (TPSA) is 108 Å². The van der Waals surface area contributed by atoms with Gasteiger partial charge in [-0.2, -0.15) is 5.10 Å². The molecule has 0 unspecified atom stereocenters. The second kappa shape index (κ2) is 6.97. The van der Waals surface area contributed by atoms with Crippen LogP contribution in [0.1, 0.15) is 5.56 Å². The van der Waals surface area contributed by atoms with Crippen LogP contribution < -0.4 is 5.73 Å². The molecule has 0 aliphatic carbocycles. The number of aliphatic carboxylic acids is 1. The lowest BCUT2D eigenvalue weighted by molar-refractivity contribution is -0.138. The predicted molar refractivity (Wildman–Crippen MR) is 93.7 cm³/mol. The number of fused-ring (bicyclic) bond motifs is 2. The van der Waals surface area contributed by atoms with Crippen molar-refractivity contribution in [2.45, 2.75) is 12.5 Å². The summed E-state index contributed by atoms with van der Waals surface area (Å²) in [5.41, 5.74) is 8.53. The van der Waals surface area contributed by atoms with Gasteiger partial charge in [-0.1, -0.05) is 36.4 Å². The molecule has 0 amide bonds. The van der Waals surface area contributed by atoms with Crippen molar-refractivity contribution in [3.63, 3.8) is 0 Å². The van der Waals surface area contributed by atoms with Gasteiger partial charge in [0.25, 0.3) is 0 Å². The fraction of sp³-hybridized carbons (Fsp3) is 0.111. The second-order valence-corrected chi connectivity index (χ2v) is 5.47. The smallest absolute Gasteiger partial charge is 0.320 e. The summed E-state index contributed by atoms with van der Waals surface area (Å²) >= 11 is 0. The van der Waals surface area contributed by atoms with Crippen LogP contribution in [0.2, 0.25) is 0 Å². The van der Waals surface area contributed by atoms with E-state index in [9.17, 15) is 4.79 Å². The summed E-state index contributed by atoms with van der Waals surface area (Å²) in [6.07, 6.45) is 3.97. The number of aromatic nitrogens is 3. The van der Waals surface area contributed by atoms with Crippen molar-refractivity contribution in [2.24, 2.45) is 5.73 Å². The molecule has 0 saturated carbocycles. The van der Waals surface area contributed by atoms with Crippen molar-refractivity contribution in [3.05, 3.63) is 66.5 Å². The van der Waals surface area contributed by atoms with E-state index < -0.39 is 12.0 Å². The standard InChI is InChI=1S/C11H12N2O2.C7H6N2/c12-9(11(14)15)5-7-6-13-10-4-2-1-3-8(7)10;1-2-4-7-6(3-1)5-8-9-7/h1-4,6,9,13H,5,12H2,(H,14,15);1-5H,(H,8,9)/t9-;/m0./s1. The van der Waals surface area contributed by atoms with Gasteiger partial charge in [0.2, 0.25) is 0 Å². The molecule has 0 radical (unpaired) electrons. The first-order chi connectivity index (χ1) is 11.6. The average Bonchev–Trinajstić information content (AvgIpc) is 3.22. The number of nitrogens with zero attached hydrogens (tertiary/aromatic N) is 1. The summed E-state index contributed by atoms with van der Waals surface area (Å²) in [5, 5.41) is 17.7. The number of rotatable bonds is 3. The Bertz CT molecular complexity index is 927. The summed E-state index contributed by atoms with van der Waals surface area (Å²) in [4.78, 5) is 13.7. The summed E-state index contributed by atoms with van der Waals surface area (Å²) in [6.45, 7) is 0. The molecule has 0 bridgehead atoms. The summed E-state index contributed by atoms with van der Waals surface area (Å²) in [5.74, 6) is -0.972. The van der Waals surface area contributed by atoms with E-state index in [1.807, 2.05) is 60.9 Å². The number of H-pyrrole nitrogens is 2. The lowest BCUT2D eigenvalue weighted by Gasteiger charge is -2.04. The molecular weight excluding hydrogens is 304 g/mol. The first kappa shape index (κ1) is 15.8. The SMILES string of the molecule is N[C@@H](Cc1c[nH]c2ccccc12)C(=O)O.c1ccc2[nH]ncc2c1. The summed E-state index contributed by atoms with van der Waals surface area (Å²) in [7, 11) is 0. The van der Waals surface area contributed by atoms with Gasteiger partial charge in [0.15, 0.2) is 0 Å². The zero-order valence-corrected chi connectivity index (χ0v) is 12.9. The van der Waals surface area contributed by atoms with E-state index in [2.05, 4.69) is 15.2 Å². The quantitative estimate of drug-likeness (QED) is 0.465. The number of hydrogen-bond donors (Lipinski definition) is 4. The first-order valence-electron chi connectivity index (χ1n) is 7.56. The van der Waals surface area contributed by atoms with Crippen LogP contribution in [0.15, 0.2) is 60.9 Å². The molecule has 5 N–H and O–H groups in total. The molecule has 6 heteroatoms. The largest absolute Gasteiger partial charge is 0.480 e. The van der Waals surface area contributed by atoms with Gasteiger partial charge in [-0.25, -0.2) is 0 Å². The molecule has 0 fully saturated rings. The van der Waals surface area contributed by atoms with Crippen LogP contribution in [-0.2, 0) is 11.2 Å². The molecule has 4 aromatic rings. The molecule has 4 rings (SSSR count). The predicted octanol–water partition coefficient (Wildman–Crippen LogP) is 2.69. The van der Waals surface area contributed by atoms with Crippen LogP contribution in [0.25, 0.3) is 21.8 Å². The van der Waals surface area contributed by atoms with Crippen LogP contribution in [0.5, 0.6) is 0 Å². The van der Waals surface area contributed by atoms with E-state index in [1.54, 1.807) is 0 Å². The van der Waals surface area contributed by atoms with E-state index in [0.717, 1.165) is 27.4 Å². The third-order valence-electron chi connectivity index (χ3n) is 3.78. The Morgan fingerprint density at radius 1 is 1.12 bits per heavy atom. The Labute approximate surface area is 138 Å². The Balaban J connectivity index is 0.000000159. The van der Waals surface area contributed by atoms with E-state index >= 15 is 0 Å². The molecular formula is C18H18N4O2. The highest BCUT2D eigenvalue weighted by atomic mass is 16.4. The lowest BCUT2D eigenvalue weighted by atomic mass is 10.1. The molecule has 122 valence electrons. The monoisotopic (exact) mass is 322 g/mol. The van der Waals surface area contributed by atoms with Crippen LogP contribution in [-0.4, -0.2) is 32.3 Å². The van der Waals surface area contributed by atoms with Crippen molar-refractivity contribution in [1.82, 2.24) is 15.2 Å². The van der Waals surface area contributed by atoms with Crippen LogP contribution in [0, 0.1) is 0 Å². The van der Waals surface area contributed by atoms with Crippen LogP contribution in [0.4, 0.5) is 0 Å². The first-order valence-corrected chi connectivity index (χ1v) is 7.56. The van der Waals surface area contributed by atoms with Gasteiger partial charge in [0.1, 0.15) is 6.04 Å². The normalized spacial score (nSPS) is 11.9. The van der Waals surface area contributed by atoms with Crippen LogP contribution in [0.3, 0.4) is 0 Å². The Morgan fingerprint density at radius 3 is 2.58 bits per heavy atom. The van der Waals surface area contributed by atoms with E-state index in [0.29, 0.717) is 6.42 Å².